The Kier molecular flexibility index (Phi) is 3.99. The lowest BCUT2D eigenvalue weighted by molar-refractivity contribution is 0.0702. The number of nitrogens with one attached hydrogen (secondary N) is 1. The number of carbonyl (C=O) groups is 2. The normalized spacial score (nSPS) is 11.4. The van der Waals surface area contributed by atoms with Gasteiger partial charge in [-0.15, -0.1) is 11.3 Å². The van der Waals surface area contributed by atoms with Gasteiger partial charge in [0.25, 0.3) is 5.91 Å². The van der Waals surface area contributed by atoms with Crippen LogP contribution in [0.15, 0.2) is 34.0 Å². The number of hydrogen-bond acceptors (Lipinski definition) is 5. The first-order chi connectivity index (χ1) is 9.49. The Bertz CT molecular complexity index is 684. The third kappa shape index (κ3) is 2.94. The summed E-state index contributed by atoms with van der Waals surface area (Å²) in [5.41, 5.74) is 3.37. The van der Waals surface area contributed by atoms with Gasteiger partial charge in [0.05, 0.1) is 22.4 Å². The Balaban J connectivity index is 2.09. The number of hydrogen-bond donors (Lipinski definition) is 2. The number of carboxylic acid groups (broad SMARTS) is 1. The lowest BCUT2D eigenvalue weighted by Crippen LogP contribution is -2.19. The van der Waals surface area contributed by atoms with Crippen LogP contribution in [0, 0.1) is 6.92 Å². The molecule has 0 bridgehead atoms. The van der Waals surface area contributed by atoms with E-state index in [2.05, 4.69) is 10.5 Å². The molecule has 0 aliphatic carbocycles. The van der Waals surface area contributed by atoms with E-state index in [4.69, 9.17) is 9.52 Å². The fraction of sp³-hybridized carbons (Fsp3) is 0.154. The summed E-state index contributed by atoms with van der Waals surface area (Å²) in [7, 11) is 0. The molecule has 7 heteroatoms. The highest BCUT2D eigenvalue weighted by Crippen LogP contribution is 2.17. The van der Waals surface area contributed by atoms with E-state index < -0.39 is 5.97 Å². The highest BCUT2D eigenvalue weighted by Gasteiger charge is 2.12. The second-order valence-electron chi connectivity index (χ2n) is 4.00. The van der Waals surface area contributed by atoms with E-state index in [0.29, 0.717) is 21.9 Å². The Hall–Kier alpha value is -2.41. The highest BCUT2D eigenvalue weighted by molar-refractivity contribution is 7.15. The largest absolute Gasteiger partial charge is 0.477 e. The van der Waals surface area contributed by atoms with E-state index in [9.17, 15) is 9.59 Å². The molecule has 0 fully saturated rings. The standard InChI is InChI=1S/C13H12N2O4S/c1-7(10-3-4-11(20-10)13(17)18)14-15-12(16)9-5-6-19-8(9)2/h3-6H,1-2H3,(H,15,16)(H,17,18)/b14-7+. The number of rotatable bonds is 4. The quantitative estimate of drug-likeness (QED) is 0.669. The summed E-state index contributed by atoms with van der Waals surface area (Å²) in [5, 5.41) is 12.8. The molecule has 0 saturated carbocycles. The van der Waals surface area contributed by atoms with Crippen molar-refractivity contribution in [2.75, 3.05) is 0 Å². The number of carboxylic acids is 1. The zero-order valence-electron chi connectivity index (χ0n) is 10.8. The van der Waals surface area contributed by atoms with Crippen LogP contribution in [0.4, 0.5) is 0 Å². The first-order valence-electron chi connectivity index (χ1n) is 5.71. The summed E-state index contributed by atoms with van der Waals surface area (Å²) < 4.78 is 5.03. The molecule has 2 aromatic rings. The van der Waals surface area contributed by atoms with E-state index in [0.717, 1.165) is 11.3 Å². The van der Waals surface area contributed by atoms with Crippen molar-refractivity contribution in [2.45, 2.75) is 13.8 Å². The lowest BCUT2D eigenvalue weighted by Gasteiger charge is -2.00. The van der Waals surface area contributed by atoms with Crippen LogP contribution in [0.1, 0.15) is 37.6 Å². The molecule has 2 heterocycles. The van der Waals surface area contributed by atoms with Gasteiger partial charge in [-0.2, -0.15) is 5.10 Å². The molecule has 104 valence electrons. The number of carbonyl (C=O) groups excluding carboxylic acids is 1. The number of furan rings is 1. The van der Waals surface area contributed by atoms with Gasteiger partial charge in [-0.25, -0.2) is 10.2 Å². The Labute approximate surface area is 118 Å². The van der Waals surface area contributed by atoms with Crippen LogP contribution in [-0.2, 0) is 0 Å². The SMILES string of the molecule is C/C(=N\NC(=O)c1ccoc1C)c1ccc(C(=O)O)s1. The topological polar surface area (TPSA) is 91.9 Å². The molecule has 2 aromatic heterocycles. The van der Waals surface area contributed by atoms with Crippen molar-refractivity contribution in [1.29, 1.82) is 0 Å². The number of nitrogens with zero attached hydrogens (tertiary/aromatic N) is 1. The van der Waals surface area contributed by atoms with Gasteiger partial charge in [0, 0.05) is 0 Å². The Morgan fingerprint density at radius 2 is 2.00 bits per heavy atom. The average molecular weight is 292 g/mol. The Morgan fingerprint density at radius 1 is 1.30 bits per heavy atom. The number of hydrazone groups is 1. The summed E-state index contributed by atoms with van der Waals surface area (Å²) in [6.07, 6.45) is 1.43. The second-order valence-corrected chi connectivity index (χ2v) is 5.08. The van der Waals surface area contributed by atoms with E-state index in [-0.39, 0.29) is 10.8 Å². The predicted molar refractivity (Wildman–Crippen MR) is 74.4 cm³/mol. The monoisotopic (exact) mass is 292 g/mol. The van der Waals surface area contributed by atoms with Crippen molar-refractivity contribution in [3.05, 3.63) is 45.5 Å². The molecule has 2 N–H and O–H groups in total. The summed E-state index contributed by atoms with van der Waals surface area (Å²) in [4.78, 5) is 23.5. The van der Waals surface area contributed by atoms with E-state index in [1.807, 2.05) is 0 Å². The lowest BCUT2D eigenvalue weighted by atomic mass is 10.2. The number of amides is 1. The average Bonchev–Trinajstić information content (AvgIpc) is 3.04. The molecule has 0 saturated heterocycles. The van der Waals surface area contributed by atoms with Crippen LogP contribution in [0.2, 0.25) is 0 Å². The van der Waals surface area contributed by atoms with Crippen LogP contribution < -0.4 is 5.43 Å². The third-order valence-electron chi connectivity index (χ3n) is 2.60. The first kappa shape index (κ1) is 14.0. The van der Waals surface area contributed by atoms with Crippen LogP contribution in [-0.4, -0.2) is 22.7 Å². The van der Waals surface area contributed by atoms with Crippen molar-refractivity contribution in [3.63, 3.8) is 0 Å². The third-order valence-corrected chi connectivity index (χ3v) is 3.78. The van der Waals surface area contributed by atoms with Crippen LogP contribution >= 0.6 is 11.3 Å². The predicted octanol–water partition coefficient (Wildman–Crippen LogP) is 2.50. The van der Waals surface area contributed by atoms with Gasteiger partial charge in [-0.1, -0.05) is 0 Å². The summed E-state index contributed by atoms with van der Waals surface area (Å²) in [6.45, 7) is 3.38. The van der Waals surface area contributed by atoms with Crippen molar-refractivity contribution in [3.8, 4) is 0 Å². The molecular weight excluding hydrogens is 280 g/mol. The summed E-state index contributed by atoms with van der Waals surface area (Å²) in [5.74, 6) is -0.836. The molecule has 2 rings (SSSR count). The molecule has 0 radical (unpaired) electrons. The van der Waals surface area contributed by atoms with Crippen LogP contribution in [0.5, 0.6) is 0 Å². The van der Waals surface area contributed by atoms with Gasteiger partial charge in [-0.05, 0) is 32.0 Å². The molecule has 6 nitrogen and oxygen atoms in total. The molecular formula is C13H12N2O4S. The van der Waals surface area contributed by atoms with Gasteiger partial charge in [-0.3, -0.25) is 4.79 Å². The van der Waals surface area contributed by atoms with Crippen molar-refractivity contribution in [1.82, 2.24) is 5.43 Å². The minimum Gasteiger partial charge on any atom is -0.477 e. The minimum absolute atomic E-state index is 0.228. The molecule has 0 atom stereocenters. The summed E-state index contributed by atoms with van der Waals surface area (Å²) in [6, 6.07) is 4.72. The van der Waals surface area contributed by atoms with Gasteiger partial charge >= 0.3 is 5.97 Å². The van der Waals surface area contributed by atoms with Gasteiger partial charge in [0.1, 0.15) is 10.6 Å². The highest BCUT2D eigenvalue weighted by atomic mass is 32.1. The second kappa shape index (κ2) is 5.70. The van der Waals surface area contributed by atoms with Gasteiger partial charge < -0.3 is 9.52 Å². The molecule has 0 unspecified atom stereocenters. The number of aromatic carboxylic acids is 1. The Morgan fingerprint density at radius 3 is 2.55 bits per heavy atom. The van der Waals surface area contributed by atoms with E-state index in [1.165, 1.54) is 12.3 Å². The van der Waals surface area contributed by atoms with Gasteiger partial charge in [0.2, 0.25) is 0 Å². The van der Waals surface area contributed by atoms with Crippen molar-refractivity contribution < 1.29 is 19.1 Å². The number of aryl methyl sites for hydroxylation is 1. The van der Waals surface area contributed by atoms with Crippen LogP contribution in [0.3, 0.4) is 0 Å². The van der Waals surface area contributed by atoms with Crippen molar-refractivity contribution in [2.24, 2.45) is 5.10 Å². The molecule has 20 heavy (non-hydrogen) atoms. The fourth-order valence-corrected chi connectivity index (χ4v) is 2.31. The maximum atomic E-state index is 11.8. The zero-order chi connectivity index (χ0) is 14.7. The minimum atomic E-state index is -0.980. The molecule has 1 amide bonds. The molecule has 0 aliphatic rings. The van der Waals surface area contributed by atoms with Crippen molar-refractivity contribution >= 4 is 28.9 Å². The van der Waals surface area contributed by atoms with E-state index >= 15 is 0 Å². The molecule has 0 aromatic carbocycles. The van der Waals surface area contributed by atoms with E-state index in [1.54, 1.807) is 26.0 Å². The van der Waals surface area contributed by atoms with Gasteiger partial charge in [0.15, 0.2) is 0 Å². The fourth-order valence-electron chi connectivity index (χ4n) is 1.52. The zero-order valence-corrected chi connectivity index (χ0v) is 11.7. The van der Waals surface area contributed by atoms with Crippen LogP contribution in [0.25, 0.3) is 0 Å². The maximum absolute atomic E-state index is 11.8. The smallest absolute Gasteiger partial charge is 0.345 e. The maximum Gasteiger partial charge on any atom is 0.345 e. The molecule has 0 spiro atoms. The number of thiophene rings is 1. The summed E-state index contributed by atoms with van der Waals surface area (Å²) >= 11 is 1.10. The first-order valence-corrected chi connectivity index (χ1v) is 6.53. The molecule has 0 aliphatic heterocycles.